The predicted molar refractivity (Wildman–Crippen MR) is 184 cm³/mol. The molecule has 1 aliphatic heterocycles. The van der Waals surface area contributed by atoms with E-state index in [0.29, 0.717) is 12.2 Å². The first kappa shape index (κ1) is 44.0. The van der Waals surface area contributed by atoms with E-state index >= 15 is 0 Å². The van der Waals surface area contributed by atoms with Crippen molar-refractivity contribution in [1.29, 1.82) is 0 Å². The minimum absolute atomic E-state index is 0.00817. The first-order valence-electron chi connectivity index (χ1n) is 15.7. The van der Waals surface area contributed by atoms with E-state index in [-0.39, 0.29) is 47.5 Å². The number of fused-ring (bicyclic) bond motifs is 1. The normalized spacial score (nSPS) is 24.4. The second kappa shape index (κ2) is 17.6. The highest BCUT2D eigenvalue weighted by Crippen LogP contribution is 2.61. The van der Waals surface area contributed by atoms with Crippen LogP contribution in [0.1, 0.15) is 32.9 Å². The number of hydrogen-bond acceptors (Lipinski definition) is 18. The Hall–Kier alpha value is -2.70. The van der Waals surface area contributed by atoms with Crippen LogP contribution in [0.5, 0.6) is 0 Å². The van der Waals surface area contributed by atoms with Crippen molar-refractivity contribution in [3.05, 3.63) is 24.8 Å². The number of carbonyl (C=O) groups excluding carboxylic acids is 3. The Balaban J connectivity index is 1.24. The molecule has 2 unspecified atom stereocenters. The topological polar surface area (TPSA) is 364 Å². The lowest BCUT2D eigenvalue weighted by Gasteiger charge is -2.30. The number of rotatable bonds is 20. The lowest BCUT2D eigenvalue weighted by molar-refractivity contribution is -0.137. The lowest BCUT2D eigenvalue weighted by Crippen LogP contribution is -2.46. The number of amides is 2. The molecule has 8 atom stereocenters. The third-order valence-electron chi connectivity index (χ3n) is 7.83. The molecule has 0 bridgehead atoms. The maximum atomic E-state index is 12.7. The maximum absolute atomic E-state index is 12.7. The Bertz CT molecular complexity index is 1880. The molecule has 2 aromatic rings. The van der Waals surface area contributed by atoms with Crippen LogP contribution >= 0.6 is 35.2 Å². The van der Waals surface area contributed by atoms with Gasteiger partial charge < -0.3 is 50.9 Å². The Morgan fingerprint density at radius 2 is 1.78 bits per heavy atom. The van der Waals surface area contributed by atoms with Gasteiger partial charge in [0.25, 0.3) is 0 Å². The molecular weight excluding hydrogens is 807 g/mol. The molecule has 28 heteroatoms. The molecule has 302 valence electrons. The number of phosphoric ester groups is 3. The SMILES string of the molecule is C=C1C[C@@H]1C(=O)SCCNC(=O)CCNC(=O)[C@H](O)C(C)(C)COP(=O)(O)OP(=O)(O)OC[C@H]1O[C@@H](n2cnc3c(N)ncnc32)[C@H](O)[C@@H]1OP(=O)(O)O. The van der Waals surface area contributed by atoms with Crippen molar-refractivity contribution in [3.63, 3.8) is 0 Å². The summed E-state index contributed by atoms with van der Waals surface area (Å²) in [6.07, 6.45) is -6.23. The van der Waals surface area contributed by atoms with Gasteiger partial charge in [0.2, 0.25) is 11.8 Å². The summed E-state index contributed by atoms with van der Waals surface area (Å²) in [4.78, 5) is 87.2. The summed E-state index contributed by atoms with van der Waals surface area (Å²) >= 11 is 1.08. The summed E-state index contributed by atoms with van der Waals surface area (Å²) in [5.74, 6) is -1.22. The maximum Gasteiger partial charge on any atom is 0.481 e. The smallest absolute Gasteiger partial charge is 0.386 e. The summed E-state index contributed by atoms with van der Waals surface area (Å²) in [5, 5.41) is 26.3. The van der Waals surface area contributed by atoms with Gasteiger partial charge in [-0.05, 0) is 6.42 Å². The number of allylic oxidation sites excluding steroid dienone is 1. The summed E-state index contributed by atoms with van der Waals surface area (Å²) in [6, 6.07) is 0. The van der Waals surface area contributed by atoms with E-state index in [2.05, 4.69) is 41.0 Å². The Kier molecular flexibility index (Phi) is 14.4. The highest BCUT2D eigenvalue weighted by atomic mass is 32.2. The van der Waals surface area contributed by atoms with Gasteiger partial charge in [-0.2, -0.15) is 4.31 Å². The van der Waals surface area contributed by atoms with Gasteiger partial charge >= 0.3 is 23.5 Å². The molecule has 2 aromatic heterocycles. The van der Waals surface area contributed by atoms with Crippen molar-refractivity contribution in [3.8, 4) is 0 Å². The van der Waals surface area contributed by atoms with Gasteiger partial charge in [0.15, 0.2) is 22.8 Å². The van der Waals surface area contributed by atoms with E-state index in [1.165, 1.54) is 13.8 Å². The number of aliphatic hydroxyl groups excluding tert-OH is 2. The highest BCUT2D eigenvalue weighted by Gasteiger charge is 2.50. The first-order chi connectivity index (χ1) is 25.0. The number of phosphoric acid groups is 3. The van der Waals surface area contributed by atoms with Crippen LogP contribution in [0, 0.1) is 11.3 Å². The van der Waals surface area contributed by atoms with E-state index in [1.54, 1.807) is 0 Å². The molecule has 3 heterocycles. The molecule has 2 amide bonds. The monoisotopic (exact) mass is 847 g/mol. The second-order valence-electron chi connectivity index (χ2n) is 12.7. The third kappa shape index (κ3) is 12.1. The van der Waals surface area contributed by atoms with Crippen LogP contribution in [0.15, 0.2) is 24.8 Å². The number of aliphatic hydroxyl groups is 2. The van der Waals surface area contributed by atoms with Crippen molar-refractivity contribution in [2.45, 2.75) is 57.3 Å². The molecular formula is C26H40N7O17P3S. The number of nitrogens with zero attached hydrogens (tertiary/aromatic N) is 4. The van der Waals surface area contributed by atoms with Crippen LogP contribution in [0.3, 0.4) is 0 Å². The van der Waals surface area contributed by atoms with Crippen molar-refractivity contribution < 1.29 is 80.5 Å². The van der Waals surface area contributed by atoms with Crippen LogP contribution in [-0.4, -0.2) is 123 Å². The number of nitrogen functional groups attached to an aromatic ring is 1. The average molecular weight is 848 g/mol. The lowest BCUT2D eigenvalue weighted by atomic mass is 9.87. The van der Waals surface area contributed by atoms with Crippen LogP contribution in [0.4, 0.5) is 5.82 Å². The third-order valence-corrected chi connectivity index (χ3v) is 11.9. The van der Waals surface area contributed by atoms with Crippen LogP contribution in [0.2, 0.25) is 0 Å². The number of thioether (sulfide) groups is 1. The van der Waals surface area contributed by atoms with Gasteiger partial charge in [-0.15, -0.1) is 0 Å². The minimum atomic E-state index is -5.56. The van der Waals surface area contributed by atoms with Gasteiger partial charge in [-0.1, -0.05) is 37.8 Å². The fraction of sp³-hybridized carbons (Fsp3) is 0.615. The van der Waals surface area contributed by atoms with Crippen molar-refractivity contribution in [2.24, 2.45) is 11.3 Å². The molecule has 10 N–H and O–H groups in total. The zero-order valence-electron chi connectivity index (χ0n) is 28.6. The van der Waals surface area contributed by atoms with Crippen LogP contribution in [-0.2, 0) is 50.7 Å². The first-order valence-corrected chi connectivity index (χ1v) is 21.2. The van der Waals surface area contributed by atoms with Crippen LogP contribution in [0.25, 0.3) is 11.2 Å². The van der Waals surface area contributed by atoms with Crippen molar-refractivity contribution in [1.82, 2.24) is 30.2 Å². The van der Waals surface area contributed by atoms with E-state index in [4.69, 9.17) is 19.5 Å². The molecule has 24 nitrogen and oxygen atoms in total. The van der Waals surface area contributed by atoms with Gasteiger partial charge in [0.1, 0.15) is 36.3 Å². The molecule has 2 aliphatic rings. The van der Waals surface area contributed by atoms with E-state index < -0.39 is 84.6 Å². The molecule has 1 aliphatic carbocycles. The molecule has 0 spiro atoms. The number of anilines is 1. The number of imidazole rings is 1. The van der Waals surface area contributed by atoms with Crippen LogP contribution < -0.4 is 16.4 Å². The van der Waals surface area contributed by atoms with E-state index in [1.807, 2.05) is 0 Å². The fourth-order valence-electron chi connectivity index (χ4n) is 4.84. The summed E-state index contributed by atoms with van der Waals surface area (Å²) in [6.45, 7) is 4.23. The van der Waals surface area contributed by atoms with Crippen molar-refractivity contribution >= 4 is 69.1 Å². The molecule has 54 heavy (non-hydrogen) atoms. The van der Waals surface area contributed by atoms with Crippen molar-refractivity contribution in [2.75, 3.05) is 37.8 Å². The standard InChI is InChI=1S/C26H40N7O17P3S/c1-13-8-14(13)25(38)54-7-6-28-16(34)4-5-29-23(37)20(36)26(2,3)10-47-53(44,45)50-52(42,43)46-9-15-19(49-51(39,40)41)18(35)24(48-15)33-12-32-17-21(27)30-11-31-22(17)33/h11-12,14-15,18-20,24,35-36H,1,4-10H2,2-3H3,(H,28,34)(H,29,37)(H,42,43)(H,44,45)(H2,27,30,31)(H2,39,40,41)/t14-,15+,18+,19+,20-,24+/m0/s1. The summed E-state index contributed by atoms with van der Waals surface area (Å²) in [7, 11) is -16.4. The van der Waals surface area contributed by atoms with Gasteiger partial charge in [0, 0.05) is 30.7 Å². The largest absolute Gasteiger partial charge is 0.481 e. The quantitative estimate of drug-likeness (QED) is 0.0449. The van der Waals surface area contributed by atoms with E-state index in [9.17, 15) is 57.9 Å². The number of nitrogens with two attached hydrogens (primary N) is 1. The number of nitrogens with one attached hydrogen (secondary N) is 2. The summed E-state index contributed by atoms with van der Waals surface area (Å²) in [5.41, 5.74) is 5.14. The summed E-state index contributed by atoms with van der Waals surface area (Å²) < 4.78 is 62.0. The fourth-order valence-corrected chi connectivity index (χ4v) is 8.52. The minimum Gasteiger partial charge on any atom is -0.386 e. The van der Waals surface area contributed by atoms with Gasteiger partial charge in [-0.25, -0.2) is 28.6 Å². The molecule has 1 saturated heterocycles. The highest BCUT2D eigenvalue weighted by molar-refractivity contribution is 8.13. The predicted octanol–water partition coefficient (Wildman–Crippen LogP) is -0.759. The van der Waals surface area contributed by atoms with Gasteiger partial charge in [-0.3, -0.25) is 32.5 Å². The Morgan fingerprint density at radius 1 is 1.11 bits per heavy atom. The number of carbonyl (C=O) groups is 3. The number of ether oxygens (including phenoxy) is 1. The molecule has 0 radical (unpaired) electrons. The van der Waals surface area contributed by atoms with Gasteiger partial charge in [0.05, 0.1) is 25.5 Å². The molecule has 0 aromatic carbocycles. The number of hydrogen-bond donors (Lipinski definition) is 9. The molecule has 1 saturated carbocycles. The number of aromatic nitrogens is 4. The second-order valence-corrected chi connectivity index (χ2v) is 18.0. The van der Waals surface area contributed by atoms with E-state index in [0.717, 1.165) is 34.6 Å². The Morgan fingerprint density at radius 3 is 2.43 bits per heavy atom. The molecule has 4 rings (SSSR count). The Labute approximate surface area is 310 Å². The zero-order chi connectivity index (χ0) is 40.2. The average Bonchev–Trinajstić information content (AvgIpc) is 3.52. The molecule has 2 fully saturated rings. The zero-order valence-corrected chi connectivity index (χ0v) is 32.1.